The minimum absolute atomic E-state index is 0.313. The van der Waals surface area contributed by atoms with E-state index in [1.807, 2.05) is 6.07 Å². The van der Waals surface area contributed by atoms with Crippen LogP contribution < -0.4 is 5.32 Å². The van der Waals surface area contributed by atoms with Crippen molar-refractivity contribution in [1.29, 1.82) is 0 Å². The first kappa shape index (κ1) is 10.1. The minimum Gasteiger partial charge on any atom is -0.326 e. The van der Waals surface area contributed by atoms with Gasteiger partial charge in [-0.05, 0) is 12.1 Å². The number of halogens is 2. The summed E-state index contributed by atoms with van der Waals surface area (Å²) in [5.41, 5.74) is 0.651. The number of benzene rings is 1. The number of anilines is 1. The van der Waals surface area contributed by atoms with Crippen molar-refractivity contribution in [3.63, 3.8) is 0 Å². The molecule has 2 rings (SSSR count). The molecule has 0 saturated heterocycles. The van der Waals surface area contributed by atoms with Crippen molar-refractivity contribution in [3.8, 4) is 0 Å². The summed E-state index contributed by atoms with van der Waals surface area (Å²) in [6.07, 6.45) is -0.655. The Morgan fingerprint density at radius 1 is 1.27 bits per heavy atom. The smallest absolute Gasteiger partial charge is 0.249 e. The predicted octanol–water partition coefficient (Wildman–Crippen LogP) is 2.67. The number of rotatable bonds is 2. The third-order valence-electron chi connectivity index (χ3n) is 2.50. The molecule has 1 fully saturated rings. The number of hydrogen-bond donors (Lipinski definition) is 1. The van der Waals surface area contributed by atoms with Gasteiger partial charge in [-0.3, -0.25) is 4.79 Å². The van der Waals surface area contributed by atoms with Gasteiger partial charge < -0.3 is 5.32 Å². The van der Waals surface area contributed by atoms with Crippen molar-refractivity contribution < 1.29 is 13.6 Å². The summed E-state index contributed by atoms with van der Waals surface area (Å²) in [5, 5.41) is 2.61. The topological polar surface area (TPSA) is 29.1 Å². The number of hydrogen-bond acceptors (Lipinski definition) is 1. The van der Waals surface area contributed by atoms with E-state index < -0.39 is 11.8 Å². The Balaban J connectivity index is 1.89. The van der Waals surface area contributed by atoms with Crippen LogP contribution in [0.3, 0.4) is 0 Å². The summed E-state index contributed by atoms with van der Waals surface area (Å²) < 4.78 is 25.0. The van der Waals surface area contributed by atoms with Crippen LogP contribution in [0.4, 0.5) is 14.5 Å². The molecule has 0 aliphatic heterocycles. The van der Waals surface area contributed by atoms with Gasteiger partial charge >= 0.3 is 0 Å². The zero-order chi connectivity index (χ0) is 10.9. The Hall–Kier alpha value is -1.45. The van der Waals surface area contributed by atoms with Gasteiger partial charge in [-0.25, -0.2) is 8.78 Å². The molecule has 0 unspecified atom stereocenters. The number of alkyl halides is 2. The van der Waals surface area contributed by atoms with Crippen LogP contribution in [0.5, 0.6) is 0 Å². The van der Waals surface area contributed by atoms with Gasteiger partial charge in [-0.2, -0.15) is 0 Å². The quantitative estimate of drug-likeness (QED) is 0.800. The average Bonchev–Trinajstić information content (AvgIpc) is 2.15. The lowest BCUT2D eigenvalue weighted by Crippen LogP contribution is -2.42. The SMILES string of the molecule is O=C(Nc1ccccc1)C1CC(F)(F)C1. The molecule has 2 nitrogen and oxygen atoms in total. The van der Waals surface area contributed by atoms with Gasteiger partial charge in [0.2, 0.25) is 11.8 Å². The van der Waals surface area contributed by atoms with E-state index in [-0.39, 0.29) is 18.7 Å². The molecule has 1 aliphatic carbocycles. The summed E-state index contributed by atoms with van der Waals surface area (Å²) in [5.74, 6) is -3.49. The highest BCUT2D eigenvalue weighted by molar-refractivity contribution is 5.93. The highest BCUT2D eigenvalue weighted by Crippen LogP contribution is 2.42. The zero-order valence-corrected chi connectivity index (χ0v) is 8.04. The molecule has 80 valence electrons. The van der Waals surface area contributed by atoms with Crippen molar-refractivity contribution in [3.05, 3.63) is 30.3 Å². The van der Waals surface area contributed by atoms with Gasteiger partial charge in [0.25, 0.3) is 0 Å². The molecule has 0 bridgehead atoms. The Morgan fingerprint density at radius 3 is 2.40 bits per heavy atom. The molecular formula is C11H11F2NO. The van der Waals surface area contributed by atoms with Crippen LogP contribution in [0.15, 0.2) is 30.3 Å². The Bertz CT molecular complexity index is 356. The summed E-state index contributed by atoms with van der Waals surface area (Å²) >= 11 is 0. The number of carbonyl (C=O) groups excluding carboxylic acids is 1. The van der Waals surface area contributed by atoms with Crippen molar-refractivity contribution in [1.82, 2.24) is 0 Å². The minimum atomic E-state index is -2.64. The third kappa shape index (κ3) is 2.32. The molecule has 0 heterocycles. The fourth-order valence-electron chi connectivity index (χ4n) is 1.61. The van der Waals surface area contributed by atoms with Crippen LogP contribution in [0.1, 0.15) is 12.8 Å². The zero-order valence-electron chi connectivity index (χ0n) is 8.04. The first-order valence-electron chi connectivity index (χ1n) is 4.81. The van der Waals surface area contributed by atoms with Gasteiger partial charge in [0.05, 0.1) is 0 Å². The summed E-state index contributed by atoms with van der Waals surface area (Å²) in [4.78, 5) is 11.4. The molecule has 1 amide bonds. The molecule has 1 saturated carbocycles. The molecule has 1 aromatic rings. The first-order chi connectivity index (χ1) is 7.07. The summed E-state index contributed by atoms with van der Waals surface area (Å²) in [7, 11) is 0. The van der Waals surface area contributed by atoms with Crippen LogP contribution >= 0.6 is 0 Å². The summed E-state index contributed by atoms with van der Waals surface area (Å²) in [6.45, 7) is 0. The summed E-state index contributed by atoms with van der Waals surface area (Å²) in [6, 6.07) is 8.85. The molecule has 1 N–H and O–H groups in total. The van der Waals surface area contributed by atoms with E-state index in [1.54, 1.807) is 24.3 Å². The van der Waals surface area contributed by atoms with Crippen LogP contribution in [0.25, 0.3) is 0 Å². The second-order valence-corrected chi connectivity index (χ2v) is 3.82. The molecule has 0 radical (unpaired) electrons. The van der Waals surface area contributed by atoms with Crippen molar-refractivity contribution in [2.45, 2.75) is 18.8 Å². The van der Waals surface area contributed by atoms with E-state index in [2.05, 4.69) is 5.32 Å². The van der Waals surface area contributed by atoms with Crippen molar-refractivity contribution in [2.24, 2.45) is 5.92 Å². The molecule has 15 heavy (non-hydrogen) atoms. The lowest BCUT2D eigenvalue weighted by Gasteiger charge is -2.33. The molecular weight excluding hydrogens is 200 g/mol. The van der Waals surface area contributed by atoms with E-state index in [0.717, 1.165) is 0 Å². The van der Waals surface area contributed by atoms with Crippen molar-refractivity contribution in [2.75, 3.05) is 5.32 Å². The second-order valence-electron chi connectivity index (χ2n) is 3.82. The number of para-hydroxylation sites is 1. The maximum absolute atomic E-state index is 12.5. The van der Waals surface area contributed by atoms with Crippen molar-refractivity contribution >= 4 is 11.6 Å². The Labute approximate surface area is 86.3 Å². The monoisotopic (exact) mass is 211 g/mol. The van der Waals surface area contributed by atoms with Gasteiger partial charge in [0.15, 0.2) is 0 Å². The van der Waals surface area contributed by atoms with Crippen LogP contribution in [0, 0.1) is 5.92 Å². The maximum atomic E-state index is 12.5. The highest BCUT2D eigenvalue weighted by Gasteiger charge is 2.48. The van der Waals surface area contributed by atoms with E-state index in [9.17, 15) is 13.6 Å². The number of nitrogens with one attached hydrogen (secondary N) is 1. The van der Waals surface area contributed by atoms with Crippen LogP contribution in [-0.2, 0) is 4.79 Å². The Kier molecular flexibility index (Phi) is 2.42. The molecule has 0 atom stereocenters. The van der Waals surface area contributed by atoms with Gasteiger partial charge in [0, 0.05) is 24.4 Å². The van der Waals surface area contributed by atoms with Gasteiger partial charge in [-0.15, -0.1) is 0 Å². The lowest BCUT2D eigenvalue weighted by atomic mass is 9.81. The second kappa shape index (κ2) is 3.61. The number of amides is 1. The first-order valence-corrected chi connectivity index (χ1v) is 4.81. The fraction of sp³-hybridized carbons (Fsp3) is 0.364. The van der Waals surface area contributed by atoms with Gasteiger partial charge in [-0.1, -0.05) is 18.2 Å². The molecule has 0 spiro atoms. The molecule has 4 heteroatoms. The standard InChI is InChI=1S/C11H11F2NO/c12-11(13)6-8(7-11)10(15)14-9-4-2-1-3-5-9/h1-5,8H,6-7H2,(H,14,15). The average molecular weight is 211 g/mol. The highest BCUT2D eigenvalue weighted by atomic mass is 19.3. The molecule has 0 aromatic heterocycles. The largest absolute Gasteiger partial charge is 0.326 e. The van der Waals surface area contributed by atoms with E-state index in [1.165, 1.54) is 0 Å². The maximum Gasteiger partial charge on any atom is 0.249 e. The van der Waals surface area contributed by atoms with E-state index in [0.29, 0.717) is 5.69 Å². The predicted molar refractivity (Wildman–Crippen MR) is 52.7 cm³/mol. The normalized spacial score (nSPS) is 19.3. The number of carbonyl (C=O) groups is 1. The molecule has 1 aliphatic rings. The van der Waals surface area contributed by atoms with Crippen LogP contribution in [-0.4, -0.2) is 11.8 Å². The van der Waals surface area contributed by atoms with E-state index in [4.69, 9.17) is 0 Å². The van der Waals surface area contributed by atoms with Crippen LogP contribution in [0.2, 0.25) is 0 Å². The molecule has 1 aromatic carbocycles. The van der Waals surface area contributed by atoms with Gasteiger partial charge in [0.1, 0.15) is 0 Å². The third-order valence-corrected chi connectivity index (χ3v) is 2.50. The van der Waals surface area contributed by atoms with E-state index >= 15 is 0 Å². The fourth-order valence-corrected chi connectivity index (χ4v) is 1.61. The lowest BCUT2D eigenvalue weighted by molar-refractivity contribution is -0.145. The Morgan fingerprint density at radius 2 is 1.87 bits per heavy atom.